The number of urea groups is 2. The van der Waals surface area contributed by atoms with Crippen molar-refractivity contribution in [2.75, 3.05) is 26.2 Å². The first kappa shape index (κ1) is 21.0. The average molecular weight is 324 g/mol. The zero-order valence-corrected chi connectivity index (χ0v) is 14.7. The van der Waals surface area contributed by atoms with E-state index in [-0.39, 0.29) is 17.5 Å². The molecule has 0 rings (SSSR count). The normalized spacial score (nSPS) is 12.0. The van der Waals surface area contributed by atoms with Crippen molar-refractivity contribution >= 4 is 12.1 Å². The lowest BCUT2D eigenvalue weighted by atomic mass is 9.80. The highest BCUT2D eigenvalue weighted by molar-refractivity contribution is 5.74. The lowest BCUT2D eigenvalue weighted by molar-refractivity contribution is 0.224. The van der Waals surface area contributed by atoms with Crippen molar-refractivity contribution in [1.82, 2.24) is 21.3 Å². The third kappa shape index (κ3) is 12.3. The first-order chi connectivity index (χ1) is 10.8. The molecule has 6 nitrogen and oxygen atoms in total. The van der Waals surface area contributed by atoms with E-state index in [1.165, 1.54) is 0 Å². The standard InChI is InChI=1S/C17H32N4O2/c1-6-9-18-15(22)20-11-8-17(4,5)12-14(3)13-21-16(23)19-10-7-2/h6-7,14H,1-2,8-13H2,3-5H3,(H2,18,20,22)(H2,19,21,23). The smallest absolute Gasteiger partial charge is 0.315 e. The Bertz CT molecular complexity index is 394. The van der Waals surface area contributed by atoms with Gasteiger partial charge in [0, 0.05) is 26.2 Å². The maximum Gasteiger partial charge on any atom is 0.315 e. The van der Waals surface area contributed by atoms with E-state index in [2.05, 4.69) is 55.2 Å². The summed E-state index contributed by atoms with van der Waals surface area (Å²) in [7, 11) is 0. The van der Waals surface area contributed by atoms with Gasteiger partial charge in [-0.15, -0.1) is 13.2 Å². The number of amides is 4. The van der Waals surface area contributed by atoms with Gasteiger partial charge in [-0.1, -0.05) is 32.9 Å². The molecule has 1 atom stereocenters. The minimum atomic E-state index is -0.172. The van der Waals surface area contributed by atoms with E-state index >= 15 is 0 Å². The number of hydrogen-bond acceptors (Lipinski definition) is 2. The van der Waals surface area contributed by atoms with Crippen molar-refractivity contribution in [3.63, 3.8) is 0 Å². The van der Waals surface area contributed by atoms with Gasteiger partial charge in [-0.3, -0.25) is 0 Å². The predicted octanol–water partition coefficient (Wildman–Crippen LogP) is 2.40. The maximum absolute atomic E-state index is 11.5. The average Bonchev–Trinajstić information content (AvgIpc) is 2.48. The van der Waals surface area contributed by atoms with E-state index in [1.807, 2.05) is 0 Å². The molecule has 0 aliphatic rings. The van der Waals surface area contributed by atoms with Crippen LogP contribution < -0.4 is 21.3 Å². The lowest BCUT2D eigenvalue weighted by Gasteiger charge is -2.28. The van der Waals surface area contributed by atoms with E-state index < -0.39 is 0 Å². The van der Waals surface area contributed by atoms with E-state index in [0.29, 0.717) is 32.1 Å². The van der Waals surface area contributed by atoms with Gasteiger partial charge in [0.25, 0.3) is 0 Å². The Morgan fingerprint density at radius 1 is 1.00 bits per heavy atom. The molecule has 0 saturated heterocycles. The Balaban J connectivity index is 3.95. The van der Waals surface area contributed by atoms with Crippen molar-refractivity contribution in [3.05, 3.63) is 25.3 Å². The van der Waals surface area contributed by atoms with Crippen molar-refractivity contribution in [2.24, 2.45) is 11.3 Å². The van der Waals surface area contributed by atoms with Crippen molar-refractivity contribution < 1.29 is 9.59 Å². The van der Waals surface area contributed by atoms with Gasteiger partial charge in [-0.25, -0.2) is 9.59 Å². The van der Waals surface area contributed by atoms with Gasteiger partial charge in [0.05, 0.1) is 0 Å². The molecule has 23 heavy (non-hydrogen) atoms. The Morgan fingerprint density at radius 2 is 1.52 bits per heavy atom. The molecule has 4 amide bonds. The molecule has 0 aromatic rings. The van der Waals surface area contributed by atoms with Crippen LogP contribution in [0.3, 0.4) is 0 Å². The zero-order valence-electron chi connectivity index (χ0n) is 14.7. The highest BCUT2D eigenvalue weighted by atomic mass is 16.2. The number of carbonyl (C=O) groups is 2. The molecule has 6 heteroatoms. The fourth-order valence-corrected chi connectivity index (χ4v) is 2.35. The van der Waals surface area contributed by atoms with Crippen LogP contribution in [0, 0.1) is 11.3 Å². The Labute approximate surface area is 140 Å². The summed E-state index contributed by atoms with van der Waals surface area (Å²) in [5, 5.41) is 11.0. The lowest BCUT2D eigenvalue weighted by Crippen LogP contribution is -2.39. The molecule has 0 heterocycles. The number of hydrogen-bond donors (Lipinski definition) is 4. The van der Waals surface area contributed by atoms with E-state index in [4.69, 9.17) is 0 Å². The van der Waals surface area contributed by atoms with Crippen LogP contribution in [0.5, 0.6) is 0 Å². The molecule has 0 aliphatic carbocycles. The van der Waals surface area contributed by atoms with Gasteiger partial charge < -0.3 is 21.3 Å². The highest BCUT2D eigenvalue weighted by Crippen LogP contribution is 2.28. The van der Waals surface area contributed by atoms with Gasteiger partial charge in [0.2, 0.25) is 0 Å². The van der Waals surface area contributed by atoms with Crippen LogP contribution in [0.1, 0.15) is 33.6 Å². The second-order valence-electron chi connectivity index (χ2n) is 6.53. The van der Waals surface area contributed by atoms with Crippen LogP contribution in [0.2, 0.25) is 0 Å². The molecular weight excluding hydrogens is 292 g/mol. The molecule has 0 fully saturated rings. The molecule has 4 N–H and O–H groups in total. The summed E-state index contributed by atoms with van der Waals surface area (Å²) in [4.78, 5) is 22.9. The van der Waals surface area contributed by atoms with Crippen molar-refractivity contribution in [1.29, 1.82) is 0 Å². The zero-order chi connectivity index (χ0) is 17.7. The van der Waals surface area contributed by atoms with E-state index in [1.54, 1.807) is 12.2 Å². The molecule has 132 valence electrons. The fraction of sp³-hybridized carbons (Fsp3) is 0.647. The van der Waals surface area contributed by atoms with Crippen LogP contribution in [0.25, 0.3) is 0 Å². The predicted molar refractivity (Wildman–Crippen MR) is 95.4 cm³/mol. The Kier molecular flexibility index (Phi) is 10.6. The van der Waals surface area contributed by atoms with E-state index in [0.717, 1.165) is 12.8 Å². The van der Waals surface area contributed by atoms with Crippen molar-refractivity contribution in [2.45, 2.75) is 33.6 Å². The number of rotatable bonds is 11. The summed E-state index contributed by atoms with van der Waals surface area (Å²) in [5.74, 6) is 0.356. The third-order valence-corrected chi connectivity index (χ3v) is 3.41. The SMILES string of the molecule is C=CCNC(=O)NCCC(C)(C)CC(C)CNC(=O)NCC=C. The molecule has 0 aromatic heterocycles. The highest BCUT2D eigenvalue weighted by Gasteiger charge is 2.21. The summed E-state index contributed by atoms with van der Waals surface area (Å²) in [6.45, 7) is 15.7. The van der Waals surface area contributed by atoms with Crippen LogP contribution in [0.15, 0.2) is 25.3 Å². The summed E-state index contributed by atoms with van der Waals surface area (Å²) >= 11 is 0. The summed E-state index contributed by atoms with van der Waals surface area (Å²) < 4.78 is 0. The first-order valence-corrected chi connectivity index (χ1v) is 8.06. The van der Waals surface area contributed by atoms with Crippen molar-refractivity contribution in [3.8, 4) is 0 Å². The minimum Gasteiger partial charge on any atom is -0.338 e. The van der Waals surface area contributed by atoms with E-state index in [9.17, 15) is 9.59 Å². The summed E-state index contributed by atoms with van der Waals surface area (Å²) in [6.07, 6.45) is 5.12. The Hall–Kier alpha value is -1.98. The number of carbonyl (C=O) groups excluding carboxylic acids is 2. The summed E-state index contributed by atoms with van der Waals surface area (Å²) in [6, 6.07) is -0.343. The molecule has 0 aromatic carbocycles. The fourth-order valence-electron chi connectivity index (χ4n) is 2.35. The van der Waals surface area contributed by atoms with Crippen LogP contribution in [0.4, 0.5) is 9.59 Å². The molecular formula is C17H32N4O2. The largest absolute Gasteiger partial charge is 0.338 e. The van der Waals surface area contributed by atoms with Gasteiger partial charge in [0.1, 0.15) is 0 Å². The second-order valence-corrected chi connectivity index (χ2v) is 6.53. The first-order valence-electron chi connectivity index (χ1n) is 8.06. The quantitative estimate of drug-likeness (QED) is 0.440. The van der Waals surface area contributed by atoms with Gasteiger partial charge in [0.15, 0.2) is 0 Å². The van der Waals surface area contributed by atoms with Crippen LogP contribution in [-0.4, -0.2) is 38.2 Å². The summed E-state index contributed by atoms with van der Waals surface area (Å²) in [5.41, 5.74) is 0.0877. The van der Waals surface area contributed by atoms with Crippen LogP contribution in [-0.2, 0) is 0 Å². The number of nitrogens with one attached hydrogen (secondary N) is 4. The molecule has 0 spiro atoms. The molecule has 0 aliphatic heterocycles. The van der Waals surface area contributed by atoms with Gasteiger partial charge >= 0.3 is 12.1 Å². The van der Waals surface area contributed by atoms with Gasteiger partial charge in [-0.05, 0) is 24.2 Å². The molecule has 0 radical (unpaired) electrons. The monoisotopic (exact) mass is 324 g/mol. The molecule has 1 unspecified atom stereocenters. The second kappa shape index (κ2) is 11.6. The topological polar surface area (TPSA) is 82.3 Å². The maximum atomic E-state index is 11.5. The molecule has 0 saturated carbocycles. The third-order valence-electron chi connectivity index (χ3n) is 3.41. The van der Waals surface area contributed by atoms with Crippen LogP contribution >= 0.6 is 0 Å². The van der Waals surface area contributed by atoms with Gasteiger partial charge in [-0.2, -0.15) is 0 Å². The Morgan fingerprint density at radius 3 is 2.04 bits per heavy atom. The molecule has 0 bridgehead atoms. The minimum absolute atomic E-state index is 0.0877.